The number of hydrogen-bond acceptors (Lipinski definition) is 0. The third-order valence-corrected chi connectivity index (χ3v) is 5.72. The van der Waals surface area contributed by atoms with E-state index in [0.717, 1.165) is 11.8 Å². The maximum Gasteiger partial charge on any atom is 0.0331 e. The van der Waals surface area contributed by atoms with E-state index in [1.54, 1.807) is 0 Å². The first-order valence-corrected chi connectivity index (χ1v) is 5.41. The lowest BCUT2D eigenvalue weighted by molar-refractivity contribution is -0.0468. The highest BCUT2D eigenvalue weighted by molar-refractivity contribution is 9.10. The number of rotatable bonds is 0. The lowest BCUT2D eigenvalue weighted by Gasteiger charge is -2.62. The van der Waals surface area contributed by atoms with Gasteiger partial charge in [-0.15, -0.1) is 0 Å². The van der Waals surface area contributed by atoms with Crippen LogP contribution < -0.4 is 0 Å². The molecule has 2 radical (unpaired) electrons. The molecule has 0 amide bonds. The zero-order valence-corrected chi connectivity index (χ0v) is 8.45. The first kappa shape index (κ1) is 6.94. The van der Waals surface area contributed by atoms with Crippen LogP contribution >= 0.6 is 15.9 Å². The highest BCUT2D eigenvalue weighted by Crippen LogP contribution is 2.77. The van der Waals surface area contributed by atoms with E-state index in [9.17, 15) is 0 Å². The monoisotopic (exact) mass is 212 g/mol. The molecule has 60 valence electrons. The van der Waals surface area contributed by atoms with Crippen molar-refractivity contribution in [3.63, 3.8) is 0 Å². The molecule has 4 aliphatic carbocycles. The minimum Gasteiger partial charge on any atom is -0.0847 e. The molecule has 1 heteroatoms. The molecule has 0 aromatic rings. The highest BCUT2D eigenvalue weighted by atomic mass is 79.9. The Morgan fingerprint density at radius 1 is 1.36 bits per heavy atom. The maximum absolute atomic E-state index is 3.92. The first-order chi connectivity index (χ1) is 5.18. The summed E-state index contributed by atoms with van der Waals surface area (Å²) in [6, 6.07) is 0. The Kier molecular flexibility index (Phi) is 1.08. The van der Waals surface area contributed by atoms with E-state index in [-0.39, 0.29) is 0 Å². The van der Waals surface area contributed by atoms with Crippen LogP contribution in [0.4, 0.5) is 0 Å². The Morgan fingerprint density at radius 2 is 2.00 bits per heavy atom. The van der Waals surface area contributed by atoms with Crippen molar-refractivity contribution in [2.45, 2.75) is 36.9 Å². The van der Waals surface area contributed by atoms with Crippen LogP contribution in [0.5, 0.6) is 0 Å². The van der Waals surface area contributed by atoms with Gasteiger partial charge in [-0.1, -0.05) is 29.3 Å². The summed E-state index contributed by atoms with van der Waals surface area (Å²) in [7, 11) is 0. The van der Waals surface area contributed by atoms with Gasteiger partial charge in [0.15, 0.2) is 0 Å². The third kappa shape index (κ3) is 0.536. The average Bonchev–Trinajstić information content (AvgIpc) is 2.42. The van der Waals surface area contributed by atoms with E-state index < -0.39 is 0 Å². The molecule has 0 nitrogen and oxygen atoms in total. The Morgan fingerprint density at radius 3 is 2.36 bits per heavy atom. The summed E-state index contributed by atoms with van der Waals surface area (Å²) in [6.45, 7) is 2.41. The van der Waals surface area contributed by atoms with Crippen molar-refractivity contribution in [3.8, 4) is 0 Å². The van der Waals surface area contributed by atoms with Gasteiger partial charge in [0, 0.05) is 4.32 Å². The van der Waals surface area contributed by atoms with E-state index in [1.807, 2.05) is 0 Å². The molecule has 0 aromatic carbocycles. The summed E-state index contributed by atoms with van der Waals surface area (Å²) < 4.78 is 0.514. The summed E-state index contributed by atoms with van der Waals surface area (Å²) in [5.74, 6) is 1.85. The smallest absolute Gasteiger partial charge is 0.0331 e. The van der Waals surface area contributed by atoms with Crippen LogP contribution in [0.2, 0.25) is 0 Å². The average molecular weight is 213 g/mol. The van der Waals surface area contributed by atoms with Gasteiger partial charge >= 0.3 is 0 Å². The standard InChI is InChI=1S/C10H13Br/c1-9-5-6-10(11)7(9)3-2-4-8(9)10/h7-8H,2-4,6H2,1H3. The lowest BCUT2D eigenvalue weighted by atomic mass is 9.47. The summed E-state index contributed by atoms with van der Waals surface area (Å²) in [4.78, 5) is 0. The number of halogens is 1. The van der Waals surface area contributed by atoms with Gasteiger partial charge in [0.05, 0.1) is 0 Å². The summed E-state index contributed by atoms with van der Waals surface area (Å²) in [5.41, 5.74) is 0.516. The SMILES string of the molecule is CC12[C]CC3(Br)C1CCCC23. The number of fused-ring (bicyclic) bond motifs is 1. The predicted molar refractivity (Wildman–Crippen MR) is 48.5 cm³/mol. The molecule has 4 aliphatic rings. The highest BCUT2D eigenvalue weighted by Gasteiger charge is 2.72. The largest absolute Gasteiger partial charge is 0.0847 e. The molecular weight excluding hydrogens is 200 g/mol. The quantitative estimate of drug-likeness (QED) is 0.542. The molecule has 4 saturated carbocycles. The zero-order valence-electron chi connectivity index (χ0n) is 6.86. The minimum absolute atomic E-state index is 0.514. The molecule has 4 fully saturated rings. The molecule has 0 N–H and O–H groups in total. The van der Waals surface area contributed by atoms with Gasteiger partial charge in [0.1, 0.15) is 0 Å². The summed E-state index contributed by atoms with van der Waals surface area (Å²) in [5, 5.41) is 0. The fourth-order valence-electron chi connectivity index (χ4n) is 3.81. The van der Waals surface area contributed by atoms with Crippen LogP contribution in [0.3, 0.4) is 0 Å². The van der Waals surface area contributed by atoms with Crippen molar-refractivity contribution < 1.29 is 0 Å². The van der Waals surface area contributed by atoms with Crippen LogP contribution in [0.15, 0.2) is 0 Å². The minimum atomic E-state index is 0.514. The molecule has 0 aromatic heterocycles. The van der Waals surface area contributed by atoms with Gasteiger partial charge < -0.3 is 0 Å². The van der Waals surface area contributed by atoms with Gasteiger partial charge in [0.2, 0.25) is 0 Å². The molecule has 11 heavy (non-hydrogen) atoms. The van der Waals surface area contributed by atoms with Crippen molar-refractivity contribution in [2.75, 3.05) is 0 Å². The molecule has 4 bridgehead atoms. The van der Waals surface area contributed by atoms with Crippen LogP contribution in [-0.4, -0.2) is 4.32 Å². The van der Waals surface area contributed by atoms with E-state index in [1.165, 1.54) is 25.7 Å². The molecule has 0 aliphatic heterocycles. The van der Waals surface area contributed by atoms with E-state index in [2.05, 4.69) is 29.3 Å². The van der Waals surface area contributed by atoms with Gasteiger partial charge in [-0.05, 0) is 42.9 Å². The second-order valence-electron chi connectivity index (χ2n) is 4.60. The Bertz CT molecular complexity index is 179. The second-order valence-corrected chi connectivity index (χ2v) is 6.08. The van der Waals surface area contributed by atoms with Crippen molar-refractivity contribution in [3.05, 3.63) is 6.42 Å². The van der Waals surface area contributed by atoms with Gasteiger partial charge in [-0.25, -0.2) is 0 Å². The number of hydrogen-bond donors (Lipinski definition) is 0. The van der Waals surface area contributed by atoms with Gasteiger partial charge in [-0.2, -0.15) is 0 Å². The van der Waals surface area contributed by atoms with E-state index >= 15 is 0 Å². The molecule has 0 heterocycles. The van der Waals surface area contributed by atoms with Crippen LogP contribution in [-0.2, 0) is 0 Å². The molecule has 0 saturated heterocycles. The van der Waals surface area contributed by atoms with Crippen LogP contribution in [0.25, 0.3) is 0 Å². The van der Waals surface area contributed by atoms with Crippen molar-refractivity contribution >= 4 is 15.9 Å². The maximum atomic E-state index is 3.92. The first-order valence-electron chi connectivity index (χ1n) is 4.62. The molecule has 4 rings (SSSR count). The van der Waals surface area contributed by atoms with Crippen LogP contribution in [0.1, 0.15) is 32.6 Å². The Labute approximate surface area is 76.9 Å². The van der Waals surface area contributed by atoms with Crippen molar-refractivity contribution in [1.82, 2.24) is 0 Å². The van der Waals surface area contributed by atoms with Crippen molar-refractivity contribution in [2.24, 2.45) is 17.3 Å². The third-order valence-electron chi connectivity index (χ3n) is 4.33. The molecule has 2 unspecified atom stereocenters. The van der Waals surface area contributed by atoms with Crippen LogP contribution in [0, 0.1) is 23.7 Å². The zero-order chi connectivity index (χ0) is 7.69. The lowest BCUT2D eigenvalue weighted by Crippen LogP contribution is -2.60. The predicted octanol–water partition coefficient (Wildman–Crippen LogP) is 3.04. The second kappa shape index (κ2) is 1.71. The Hall–Kier alpha value is 0.480. The fourth-order valence-corrected chi connectivity index (χ4v) is 5.36. The Balaban J connectivity index is 2.05. The fraction of sp³-hybridized carbons (Fsp3) is 0.900. The van der Waals surface area contributed by atoms with Gasteiger partial charge in [-0.3, -0.25) is 0 Å². The summed E-state index contributed by atoms with van der Waals surface area (Å²) in [6.07, 6.45) is 9.20. The van der Waals surface area contributed by atoms with Crippen molar-refractivity contribution in [1.29, 1.82) is 0 Å². The molecule has 0 spiro atoms. The van der Waals surface area contributed by atoms with Gasteiger partial charge in [0.25, 0.3) is 0 Å². The normalized spacial score (nSPS) is 66.0. The molecule has 2 atom stereocenters. The number of alkyl halides is 1. The van der Waals surface area contributed by atoms with E-state index in [0.29, 0.717) is 9.74 Å². The van der Waals surface area contributed by atoms with E-state index in [4.69, 9.17) is 0 Å². The molecular formula is C10H13Br. The topological polar surface area (TPSA) is 0 Å². The summed E-state index contributed by atoms with van der Waals surface area (Å²) >= 11 is 3.92.